The Labute approximate surface area is 114 Å². The maximum absolute atomic E-state index is 4.39. The molecule has 0 aromatic carbocycles. The van der Waals surface area contributed by atoms with Crippen molar-refractivity contribution in [2.75, 3.05) is 40.3 Å². The minimum absolute atomic E-state index is 0.627. The first-order valence-corrected chi connectivity index (χ1v) is 7.53. The minimum atomic E-state index is 0.627. The summed E-state index contributed by atoms with van der Waals surface area (Å²) in [6, 6.07) is 0.627. The van der Waals surface area contributed by atoms with Gasteiger partial charge in [-0.25, -0.2) is 4.98 Å². The molecule has 1 saturated heterocycles. The molecule has 0 aliphatic carbocycles. The zero-order valence-corrected chi connectivity index (χ0v) is 12.5. The molecule has 0 bridgehead atoms. The lowest BCUT2D eigenvalue weighted by Gasteiger charge is -2.37. The van der Waals surface area contributed by atoms with Crippen molar-refractivity contribution in [1.82, 2.24) is 20.1 Å². The summed E-state index contributed by atoms with van der Waals surface area (Å²) in [5.74, 6) is 0. The van der Waals surface area contributed by atoms with Crippen LogP contribution in [0.25, 0.3) is 0 Å². The van der Waals surface area contributed by atoms with Gasteiger partial charge < -0.3 is 10.2 Å². The SMILES string of the molecule is CCc1ncc(CNCC2CN(C)CCN2C)s1. The standard InChI is InChI=1S/C13H24N4S/c1-4-13-15-9-12(18-13)8-14-7-11-10-16(2)5-6-17(11)3/h9,11,14H,4-8,10H2,1-3H3. The van der Waals surface area contributed by atoms with Crippen molar-refractivity contribution in [3.8, 4) is 0 Å². The van der Waals surface area contributed by atoms with E-state index in [2.05, 4.69) is 41.1 Å². The van der Waals surface area contributed by atoms with Gasteiger partial charge in [0.2, 0.25) is 0 Å². The number of hydrogen-bond donors (Lipinski definition) is 1. The molecule has 4 nitrogen and oxygen atoms in total. The number of likely N-dealkylation sites (N-methyl/N-ethyl adjacent to an activating group) is 2. The number of nitrogens with one attached hydrogen (secondary N) is 1. The monoisotopic (exact) mass is 268 g/mol. The van der Waals surface area contributed by atoms with Crippen molar-refractivity contribution in [3.63, 3.8) is 0 Å². The molecule has 0 radical (unpaired) electrons. The van der Waals surface area contributed by atoms with Gasteiger partial charge in [-0.05, 0) is 20.5 Å². The van der Waals surface area contributed by atoms with E-state index in [1.807, 2.05) is 17.5 Å². The molecule has 0 saturated carbocycles. The molecule has 1 atom stereocenters. The number of nitrogens with zero attached hydrogens (tertiary/aromatic N) is 3. The summed E-state index contributed by atoms with van der Waals surface area (Å²) < 4.78 is 0. The van der Waals surface area contributed by atoms with Gasteiger partial charge in [0.15, 0.2) is 0 Å². The van der Waals surface area contributed by atoms with E-state index >= 15 is 0 Å². The molecule has 102 valence electrons. The molecular weight excluding hydrogens is 244 g/mol. The Hall–Kier alpha value is -0.490. The summed E-state index contributed by atoms with van der Waals surface area (Å²) in [7, 11) is 4.43. The van der Waals surface area contributed by atoms with Crippen LogP contribution < -0.4 is 5.32 Å². The third-order valence-corrected chi connectivity index (χ3v) is 4.70. The van der Waals surface area contributed by atoms with Gasteiger partial charge >= 0.3 is 0 Å². The van der Waals surface area contributed by atoms with Gasteiger partial charge in [-0.1, -0.05) is 6.92 Å². The number of rotatable bonds is 5. The van der Waals surface area contributed by atoms with E-state index in [0.717, 1.165) is 26.1 Å². The van der Waals surface area contributed by atoms with Crippen LogP contribution in [0.2, 0.25) is 0 Å². The third kappa shape index (κ3) is 3.75. The number of thiazole rings is 1. The normalized spacial score (nSPS) is 22.5. The quantitative estimate of drug-likeness (QED) is 0.865. The summed E-state index contributed by atoms with van der Waals surface area (Å²) in [4.78, 5) is 10.6. The van der Waals surface area contributed by atoms with Crippen LogP contribution in [0.15, 0.2) is 6.20 Å². The Morgan fingerprint density at radius 2 is 2.28 bits per heavy atom. The van der Waals surface area contributed by atoms with Crippen LogP contribution >= 0.6 is 11.3 Å². The Morgan fingerprint density at radius 1 is 1.44 bits per heavy atom. The summed E-state index contributed by atoms with van der Waals surface area (Å²) in [5, 5.41) is 4.80. The van der Waals surface area contributed by atoms with E-state index in [1.165, 1.54) is 23.0 Å². The second-order valence-electron chi connectivity index (χ2n) is 5.10. The van der Waals surface area contributed by atoms with E-state index in [-0.39, 0.29) is 0 Å². The summed E-state index contributed by atoms with van der Waals surface area (Å²) in [6.45, 7) is 7.67. The Kier molecular flexibility index (Phi) is 5.12. The third-order valence-electron chi connectivity index (χ3n) is 3.56. The lowest BCUT2D eigenvalue weighted by Crippen LogP contribution is -2.53. The zero-order chi connectivity index (χ0) is 13.0. The Bertz CT molecular complexity index is 366. The van der Waals surface area contributed by atoms with E-state index in [1.54, 1.807) is 0 Å². The van der Waals surface area contributed by atoms with Crippen LogP contribution in [0, 0.1) is 0 Å². The fourth-order valence-corrected chi connectivity index (χ4v) is 3.11. The van der Waals surface area contributed by atoms with Gasteiger partial charge in [0.05, 0.1) is 5.01 Å². The average molecular weight is 268 g/mol. The van der Waals surface area contributed by atoms with Crippen LogP contribution in [-0.2, 0) is 13.0 Å². The fourth-order valence-electron chi connectivity index (χ4n) is 2.28. The Balaban J connectivity index is 1.74. The molecule has 0 amide bonds. The zero-order valence-electron chi connectivity index (χ0n) is 11.6. The van der Waals surface area contributed by atoms with Crippen LogP contribution in [0.5, 0.6) is 0 Å². The minimum Gasteiger partial charge on any atom is -0.310 e. The van der Waals surface area contributed by atoms with Gasteiger partial charge in [-0.15, -0.1) is 11.3 Å². The van der Waals surface area contributed by atoms with Gasteiger partial charge in [0.25, 0.3) is 0 Å². The number of aryl methyl sites for hydroxylation is 1. The lowest BCUT2D eigenvalue weighted by atomic mass is 10.2. The molecule has 1 aliphatic rings. The highest BCUT2D eigenvalue weighted by atomic mass is 32.1. The predicted molar refractivity (Wildman–Crippen MR) is 77.1 cm³/mol. The van der Waals surface area contributed by atoms with Crippen molar-refractivity contribution in [2.24, 2.45) is 0 Å². The average Bonchev–Trinajstić information content (AvgIpc) is 2.81. The van der Waals surface area contributed by atoms with E-state index in [0.29, 0.717) is 6.04 Å². The molecule has 2 rings (SSSR count). The molecule has 1 aliphatic heterocycles. The maximum atomic E-state index is 4.39. The highest BCUT2D eigenvalue weighted by Crippen LogP contribution is 2.13. The molecule has 2 heterocycles. The summed E-state index contributed by atoms with van der Waals surface area (Å²) in [6.07, 6.45) is 3.05. The Morgan fingerprint density at radius 3 is 3.00 bits per heavy atom. The van der Waals surface area contributed by atoms with Gasteiger partial charge in [-0.2, -0.15) is 0 Å². The first kappa shape index (κ1) is 13.9. The molecule has 1 unspecified atom stereocenters. The molecule has 18 heavy (non-hydrogen) atoms. The molecule has 1 fully saturated rings. The van der Waals surface area contributed by atoms with E-state index < -0.39 is 0 Å². The van der Waals surface area contributed by atoms with Crippen molar-refractivity contribution < 1.29 is 0 Å². The lowest BCUT2D eigenvalue weighted by molar-refractivity contribution is 0.113. The van der Waals surface area contributed by atoms with Crippen molar-refractivity contribution >= 4 is 11.3 Å². The summed E-state index contributed by atoms with van der Waals surface area (Å²) in [5.41, 5.74) is 0. The highest BCUT2D eigenvalue weighted by molar-refractivity contribution is 7.11. The topological polar surface area (TPSA) is 31.4 Å². The van der Waals surface area contributed by atoms with Crippen LogP contribution in [0.4, 0.5) is 0 Å². The number of aromatic nitrogens is 1. The molecule has 0 spiro atoms. The summed E-state index contributed by atoms with van der Waals surface area (Å²) >= 11 is 1.82. The largest absolute Gasteiger partial charge is 0.310 e. The van der Waals surface area contributed by atoms with Gasteiger partial charge in [0, 0.05) is 49.8 Å². The smallest absolute Gasteiger partial charge is 0.0925 e. The first-order chi connectivity index (χ1) is 8.69. The van der Waals surface area contributed by atoms with Crippen LogP contribution in [-0.4, -0.2) is 61.1 Å². The molecule has 1 N–H and O–H groups in total. The fraction of sp³-hybridized carbons (Fsp3) is 0.769. The van der Waals surface area contributed by atoms with E-state index in [9.17, 15) is 0 Å². The van der Waals surface area contributed by atoms with Crippen LogP contribution in [0.3, 0.4) is 0 Å². The predicted octanol–water partition coefficient (Wildman–Crippen LogP) is 1.04. The van der Waals surface area contributed by atoms with Crippen molar-refractivity contribution in [2.45, 2.75) is 25.9 Å². The second-order valence-corrected chi connectivity index (χ2v) is 6.30. The highest BCUT2D eigenvalue weighted by Gasteiger charge is 2.21. The van der Waals surface area contributed by atoms with Gasteiger partial charge in [-0.3, -0.25) is 4.90 Å². The molecule has 5 heteroatoms. The number of piperazine rings is 1. The van der Waals surface area contributed by atoms with Crippen molar-refractivity contribution in [1.29, 1.82) is 0 Å². The molecule has 1 aromatic heterocycles. The van der Waals surface area contributed by atoms with Crippen molar-refractivity contribution in [3.05, 3.63) is 16.1 Å². The van der Waals surface area contributed by atoms with Gasteiger partial charge in [0.1, 0.15) is 0 Å². The molecular formula is C13H24N4S. The van der Waals surface area contributed by atoms with E-state index in [4.69, 9.17) is 0 Å². The maximum Gasteiger partial charge on any atom is 0.0925 e. The first-order valence-electron chi connectivity index (χ1n) is 6.72. The second kappa shape index (κ2) is 6.61. The van der Waals surface area contributed by atoms with Crippen LogP contribution in [0.1, 0.15) is 16.8 Å². The molecule has 1 aromatic rings. The number of hydrogen-bond acceptors (Lipinski definition) is 5.